The molecule has 152 valence electrons. The molecular formula is C20H31NO4S2. The average Bonchev–Trinajstić information content (AvgIpc) is 3.01. The van der Waals surface area contributed by atoms with Crippen molar-refractivity contribution in [2.24, 2.45) is 0 Å². The maximum atomic E-state index is 13.5. The second-order valence-electron chi connectivity index (χ2n) is 8.06. The fourth-order valence-electron chi connectivity index (χ4n) is 4.33. The van der Waals surface area contributed by atoms with Gasteiger partial charge in [0.15, 0.2) is 9.84 Å². The maximum absolute atomic E-state index is 13.5. The SMILES string of the molecule is CC[C@H](C)c1ccc(S(=O)(=O)N(C2CCCCC2)[C@H]2CCS(=O)(=O)C2)cc1. The number of hydrogen-bond donors (Lipinski definition) is 0. The smallest absolute Gasteiger partial charge is 0.229 e. The fourth-order valence-corrected chi connectivity index (χ4v) is 8.03. The predicted octanol–water partition coefficient (Wildman–Crippen LogP) is 3.71. The Morgan fingerprint density at radius 2 is 1.67 bits per heavy atom. The highest BCUT2D eigenvalue weighted by atomic mass is 32.2. The van der Waals surface area contributed by atoms with Crippen molar-refractivity contribution in [3.05, 3.63) is 29.8 Å². The van der Waals surface area contributed by atoms with E-state index in [9.17, 15) is 16.8 Å². The highest BCUT2D eigenvalue weighted by Gasteiger charge is 2.42. The Hall–Kier alpha value is -0.920. The monoisotopic (exact) mass is 413 g/mol. The molecule has 27 heavy (non-hydrogen) atoms. The van der Waals surface area contributed by atoms with Crippen molar-refractivity contribution in [3.8, 4) is 0 Å². The summed E-state index contributed by atoms with van der Waals surface area (Å²) in [7, 11) is -6.86. The molecule has 0 aromatic heterocycles. The van der Waals surface area contributed by atoms with Crippen molar-refractivity contribution in [2.75, 3.05) is 11.5 Å². The van der Waals surface area contributed by atoms with E-state index in [2.05, 4.69) is 13.8 Å². The number of nitrogens with zero attached hydrogens (tertiary/aromatic N) is 1. The molecule has 1 saturated heterocycles. The van der Waals surface area contributed by atoms with Crippen molar-refractivity contribution < 1.29 is 16.8 Å². The summed E-state index contributed by atoms with van der Waals surface area (Å²) in [5.74, 6) is 0.424. The van der Waals surface area contributed by atoms with E-state index < -0.39 is 25.9 Å². The first-order chi connectivity index (χ1) is 12.7. The summed E-state index contributed by atoms with van der Waals surface area (Å²) in [4.78, 5) is 0.282. The van der Waals surface area contributed by atoms with Gasteiger partial charge in [-0.1, -0.05) is 45.2 Å². The average molecular weight is 414 g/mol. The standard InChI is InChI=1S/C20H31NO4S2/c1-3-16(2)17-9-11-20(12-10-17)27(24,25)21(18-7-5-4-6-8-18)19-13-14-26(22,23)15-19/h9-12,16,18-19H,3-8,13-15H2,1-2H3/t16-,19-/m0/s1. The van der Waals surface area contributed by atoms with Crippen molar-refractivity contribution in [1.82, 2.24) is 4.31 Å². The summed E-state index contributed by atoms with van der Waals surface area (Å²) in [6.45, 7) is 4.24. The van der Waals surface area contributed by atoms with E-state index in [4.69, 9.17) is 0 Å². The highest BCUT2D eigenvalue weighted by Crippen LogP contribution is 2.33. The normalized spacial score (nSPS) is 24.9. The van der Waals surface area contributed by atoms with Crippen LogP contribution in [0.5, 0.6) is 0 Å². The lowest BCUT2D eigenvalue weighted by Gasteiger charge is -2.37. The van der Waals surface area contributed by atoms with Gasteiger partial charge in [-0.2, -0.15) is 4.31 Å². The third-order valence-electron chi connectivity index (χ3n) is 6.14. The molecule has 0 amide bonds. The van der Waals surface area contributed by atoms with Crippen molar-refractivity contribution in [3.63, 3.8) is 0 Å². The molecule has 2 atom stereocenters. The summed E-state index contributed by atoms with van der Waals surface area (Å²) >= 11 is 0. The summed E-state index contributed by atoms with van der Waals surface area (Å²) in [6.07, 6.45) is 6.17. The molecule has 2 aliphatic rings. The summed E-state index contributed by atoms with van der Waals surface area (Å²) in [6, 6.07) is 6.65. The lowest BCUT2D eigenvalue weighted by Crippen LogP contribution is -2.48. The first kappa shape index (κ1) is 20.8. The van der Waals surface area contributed by atoms with E-state index in [1.54, 1.807) is 16.4 Å². The van der Waals surface area contributed by atoms with Crippen molar-refractivity contribution >= 4 is 19.9 Å². The molecule has 5 nitrogen and oxygen atoms in total. The van der Waals surface area contributed by atoms with Crippen LogP contribution in [0.15, 0.2) is 29.2 Å². The van der Waals surface area contributed by atoms with Crippen LogP contribution in [-0.2, 0) is 19.9 Å². The van der Waals surface area contributed by atoms with Crippen molar-refractivity contribution in [2.45, 2.75) is 81.7 Å². The molecule has 0 N–H and O–H groups in total. The van der Waals surface area contributed by atoms with Crippen LogP contribution in [0, 0.1) is 0 Å². The van der Waals surface area contributed by atoms with E-state index in [1.807, 2.05) is 12.1 Å². The zero-order valence-electron chi connectivity index (χ0n) is 16.3. The van der Waals surface area contributed by atoms with Crippen LogP contribution in [0.1, 0.15) is 70.3 Å². The molecule has 7 heteroatoms. The van der Waals surface area contributed by atoms with Gasteiger partial charge in [-0.15, -0.1) is 0 Å². The van der Waals surface area contributed by atoms with E-state index in [1.165, 1.54) is 0 Å². The van der Waals surface area contributed by atoms with Gasteiger partial charge in [0.2, 0.25) is 10.0 Å². The van der Waals surface area contributed by atoms with Crippen LogP contribution >= 0.6 is 0 Å². The Morgan fingerprint density at radius 1 is 1.04 bits per heavy atom. The van der Waals surface area contributed by atoms with Gasteiger partial charge in [-0.25, -0.2) is 16.8 Å². The van der Waals surface area contributed by atoms with Gasteiger partial charge in [0, 0.05) is 12.1 Å². The molecule has 2 fully saturated rings. The number of sulfone groups is 1. The molecule has 1 heterocycles. The number of hydrogen-bond acceptors (Lipinski definition) is 4. The number of sulfonamides is 1. The molecular weight excluding hydrogens is 382 g/mol. The van der Waals surface area contributed by atoms with Crippen molar-refractivity contribution in [1.29, 1.82) is 0 Å². The third-order valence-corrected chi connectivity index (χ3v) is 9.91. The molecule has 1 aromatic rings. The lowest BCUT2D eigenvalue weighted by atomic mass is 9.95. The van der Waals surface area contributed by atoms with Gasteiger partial charge in [0.25, 0.3) is 0 Å². The van der Waals surface area contributed by atoms with Crippen LogP contribution in [0.4, 0.5) is 0 Å². The van der Waals surface area contributed by atoms with Gasteiger partial charge >= 0.3 is 0 Å². The molecule has 0 unspecified atom stereocenters. The number of benzene rings is 1. The van der Waals surface area contributed by atoms with Crippen LogP contribution in [0.25, 0.3) is 0 Å². The molecule has 3 rings (SSSR count). The van der Waals surface area contributed by atoms with Gasteiger partial charge < -0.3 is 0 Å². The van der Waals surface area contributed by atoms with E-state index in [-0.39, 0.29) is 22.4 Å². The first-order valence-electron chi connectivity index (χ1n) is 10.1. The maximum Gasteiger partial charge on any atom is 0.243 e. The highest BCUT2D eigenvalue weighted by molar-refractivity contribution is 7.92. The molecule has 0 radical (unpaired) electrons. The van der Waals surface area contributed by atoms with Gasteiger partial charge in [0.1, 0.15) is 0 Å². The Bertz CT molecular complexity index is 840. The fraction of sp³-hybridized carbons (Fsp3) is 0.700. The number of rotatable bonds is 6. The van der Waals surface area contributed by atoms with Crippen LogP contribution < -0.4 is 0 Å². The van der Waals surface area contributed by atoms with Gasteiger partial charge in [-0.05, 0) is 49.3 Å². The Labute approximate surface area is 164 Å². The minimum absolute atomic E-state index is 0.0479. The van der Waals surface area contributed by atoms with Crippen LogP contribution in [-0.4, -0.2) is 44.7 Å². The third kappa shape index (κ3) is 4.57. The largest absolute Gasteiger partial charge is 0.243 e. The first-order valence-corrected chi connectivity index (χ1v) is 13.3. The molecule has 1 saturated carbocycles. The van der Waals surface area contributed by atoms with E-state index in [0.717, 1.165) is 44.1 Å². The van der Waals surface area contributed by atoms with Gasteiger partial charge in [0.05, 0.1) is 16.4 Å². The minimum Gasteiger partial charge on any atom is -0.229 e. The van der Waals surface area contributed by atoms with Crippen LogP contribution in [0.2, 0.25) is 0 Å². The van der Waals surface area contributed by atoms with Crippen LogP contribution in [0.3, 0.4) is 0 Å². The van der Waals surface area contributed by atoms with Gasteiger partial charge in [-0.3, -0.25) is 0 Å². The molecule has 1 aromatic carbocycles. The summed E-state index contributed by atoms with van der Waals surface area (Å²) in [5.41, 5.74) is 1.13. The molecule has 0 spiro atoms. The predicted molar refractivity (Wildman–Crippen MR) is 108 cm³/mol. The Kier molecular flexibility index (Phi) is 6.33. The zero-order valence-corrected chi connectivity index (χ0v) is 17.9. The van der Waals surface area contributed by atoms with E-state index in [0.29, 0.717) is 12.3 Å². The minimum atomic E-state index is -3.71. The van der Waals surface area contributed by atoms with E-state index >= 15 is 0 Å². The second kappa shape index (κ2) is 8.21. The summed E-state index contributed by atoms with van der Waals surface area (Å²) in [5, 5.41) is 0. The zero-order chi connectivity index (χ0) is 19.7. The molecule has 1 aliphatic heterocycles. The molecule has 1 aliphatic carbocycles. The lowest BCUT2D eigenvalue weighted by molar-refractivity contribution is 0.213. The Balaban J connectivity index is 1.94. The quantitative estimate of drug-likeness (QED) is 0.713. The Morgan fingerprint density at radius 3 is 2.19 bits per heavy atom. The summed E-state index contributed by atoms with van der Waals surface area (Å²) < 4.78 is 52.6. The second-order valence-corrected chi connectivity index (χ2v) is 12.1. The molecule has 0 bridgehead atoms. The topological polar surface area (TPSA) is 71.5 Å².